The van der Waals surface area contributed by atoms with E-state index in [-0.39, 0.29) is 31.0 Å². The zero-order valence-corrected chi connectivity index (χ0v) is 18.0. The maximum absolute atomic E-state index is 11.9. The van der Waals surface area contributed by atoms with Crippen LogP contribution in [0.25, 0.3) is 0 Å². The molecule has 8 nitrogen and oxygen atoms in total. The summed E-state index contributed by atoms with van der Waals surface area (Å²) in [6, 6.07) is 0. The molecule has 166 valence electrons. The number of carbonyl (C=O) groups is 2. The number of aliphatic hydroxyl groups excluding tert-OH is 1. The monoisotopic (exact) mass is 432 g/mol. The molecular weight excluding hydrogens is 397 g/mol. The first-order valence-corrected chi connectivity index (χ1v) is 12.3. The van der Waals surface area contributed by atoms with Gasteiger partial charge in [0.05, 0.1) is 5.92 Å². The van der Waals surface area contributed by atoms with Crippen LogP contribution >= 0.6 is 8.03 Å². The Balaban J connectivity index is 1.53. The third-order valence-corrected chi connectivity index (χ3v) is 6.77. The van der Waals surface area contributed by atoms with Gasteiger partial charge in [0, 0.05) is 5.92 Å². The lowest BCUT2D eigenvalue weighted by molar-refractivity contribution is -0.150. The molecule has 3 N–H and O–H groups in total. The van der Waals surface area contributed by atoms with Crippen LogP contribution in [-0.2, 0) is 18.8 Å². The largest absolute Gasteiger partial charge is 0.505 e. The first kappa shape index (κ1) is 24.0. The van der Waals surface area contributed by atoms with E-state index in [4.69, 9.17) is 14.4 Å². The lowest BCUT2D eigenvalue weighted by Crippen LogP contribution is -2.36. The number of hydrogen-bond donors (Lipinski definition) is 3. The lowest BCUT2D eigenvalue weighted by Gasteiger charge is -2.27. The quantitative estimate of drug-likeness (QED) is 0.209. The van der Waals surface area contributed by atoms with Crippen molar-refractivity contribution in [2.45, 2.75) is 76.9 Å². The van der Waals surface area contributed by atoms with Crippen LogP contribution in [-0.4, -0.2) is 47.7 Å². The Morgan fingerprint density at radius 1 is 1.00 bits per heavy atom. The summed E-state index contributed by atoms with van der Waals surface area (Å²) in [5.41, 5.74) is 0. The van der Waals surface area contributed by atoms with Crippen LogP contribution in [0.3, 0.4) is 0 Å². The standard InChI is InChI=1S/C20H34NO7P/c22-18(10-9-15-5-4-6-16(13-15)14-29(25)26)21-20(24)28-12-11-27-19(23)17-7-2-1-3-8-17/h15-18,22H,1-14H2,(H-,21,24,25,26)/p+1. The van der Waals surface area contributed by atoms with E-state index >= 15 is 0 Å². The Morgan fingerprint density at radius 3 is 2.41 bits per heavy atom. The summed E-state index contributed by atoms with van der Waals surface area (Å²) in [4.78, 5) is 32.7. The number of hydrogen-bond acceptors (Lipinski definition) is 6. The average Bonchev–Trinajstić information content (AvgIpc) is 2.70. The van der Waals surface area contributed by atoms with Crippen molar-refractivity contribution in [3.8, 4) is 0 Å². The molecule has 2 fully saturated rings. The Bertz CT molecular complexity index is 539. The summed E-state index contributed by atoms with van der Waals surface area (Å²) in [6.45, 7) is -0.0178. The molecule has 1 amide bonds. The number of ether oxygens (including phenoxy) is 2. The highest BCUT2D eigenvalue weighted by atomic mass is 31.1. The second-order valence-electron chi connectivity index (χ2n) is 8.31. The fraction of sp³-hybridized carbons (Fsp3) is 0.900. The topological polar surface area (TPSA) is 122 Å². The van der Waals surface area contributed by atoms with Gasteiger partial charge in [0.25, 0.3) is 0 Å². The minimum atomic E-state index is -2.10. The van der Waals surface area contributed by atoms with Crippen molar-refractivity contribution < 1.29 is 33.6 Å². The van der Waals surface area contributed by atoms with E-state index in [1.54, 1.807) is 0 Å². The maximum atomic E-state index is 11.9. The van der Waals surface area contributed by atoms with Crippen molar-refractivity contribution in [2.24, 2.45) is 17.8 Å². The normalized spacial score (nSPS) is 24.4. The molecule has 2 saturated carbocycles. The summed E-state index contributed by atoms with van der Waals surface area (Å²) in [7, 11) is -2.10. The van der Waals surface area contributed by atoms with Crippen LogP contribution in [0.5, 0.6) is 0 Å². The van der Waals surface area contributed by atoms with Gasteiger partial charge in [-0.2, -0.15) is 4.89 Å². The van der Waals surface area contributed by atoms with Crippen molar-refractivity contribution in [3.05, 3.63) is 0 Å². The molecule has 0 aromatic carbocycles. The number of esters is 1. The third kappa shape index (κ3) is 9.87. The van der Waals surface area contributed by atoms with Crippen molar-refractivity contribution in [2.75, 3.05) is 19.4 Å². The minimum Gasteiger partial charge on any atom is -0.462 e. The molecule has 0 heterocycles. The molecule has 4 atom stereocenters. The van der Waals surface area contributed by atoms with Crippen LogP contribution in [0.4, 0.5) is 4.79 Å². The molecule has 0 aliphatic heterocycles. The number of carbonyl (C=O) groups excluding carboxylic acids is 2. The van der Waals surface area contributed by atoms with Crippen LogP contribution in [0.1, 0.15) is 70.6 Å². The fourth-order valence-corrected chi connectivity index (χ4v) is 5.20. The molecule has 0 saturated heterocycles. The zero-order valence-electron chi connectivity index (χ0n) is 17.1. The zero-order chi connectivity index (χ0) is 21.1. The van der Waals surface area contributed by atoms with Gasteiger partial charge in [-0.15, -0.1) is 0 Å². The Hall–Kier alpha value is -1.24. The minimum absolute atomic E-state index is 0.0232. The fourth-order valence-electron chi connectivity index (χ4n) is 4.43. The Morgan fingerprint density at radius 2 is 1.69 bits per heavy atom. The highest BCUT2D eigenvalue weighted by Crippen LogP contribution is 2.35. The lowest BCUT2D eigenvalue weighted by atomic mass is 9.80. The van der Waals surface area contributed by atoms with Gasteiger partial charge in [-0.25, -0.2) is 4.79 Å². The first-order chi connectivity index (χ1) is 13.9. The van der Waals surface area contributed by atoms with E-state index in [9.17, 15) is 19.3 Å². The molecule has 4 unspecified atom stereocenters. The van der Waals surface area contributed by atoms with Crippen LogP contribution in [0.2, 0.25) is 0 Å². The van der Waals surface area contributed by atoms with Gasteiger partial charge in [-0.05, 0) is 49.0 Å². The van der Waals surface area contributed by atoms with Crippen LogP contribution in [0, 0.1) is 17.8 Å². The molecule has 0 aromatic heterocycles. The first-order valence-electron chi connectivity index (χ1n) is 10.9. The Kier molecular flexibility index (Phi) is 10.9. The van der Waals surface area contributed by atoms with E-state index in [0.29, 0.717) is 18.5 Å². The van der Waals surface area contributed by atoms with Crippen molar-refractivity contribution in [1.82, 2.24) is 5.32 Å². The highest BCUT2D eigenvalue weighted by molar-refractivity contribution is 7.38. The molecule has 0 spiro atoms. The van der Waals surface area contributed by atoms with Gasteiger partial charge in [0.1, 0.15) is 19.4 Å². The van der Waals surface area contributed by atoms with Gasteiger partial charge in [0.15, 0.2) is 6.16 Å². The van der Waals surface area contributed by atoms with E-state index in [1.165, 1.54) is 6.42 Å². The van der Waals surface area contributed by atoms with E-state index in [1.807, 2.05) is 0 Å². The molecule has 29 heavy (non-hydrogen) atoms. The molecule has 2 rings (SSSR count). The number of amides is 1. The van der Waals surface area contributed by atoms with Crippen molar-refractivity contribution >= 4 is 20.1 Å². The van der Waals surface area contributed by atoms with E-state index < -0.39 is 20.3 Å². The van der Waals surface area contributed by atoms with Gasteiger partial charge >= 0.3 is 20.1 Å². The molecule has 9 heteroatoms. The number of alkyl carbamates (subject to hydrolysis) is 1. The maximum Gasteiger partial charge on any atom is 0.505 e. The molecule has 2 aliphatic carbocycles. The molecule has 2 aliphatic rings. The average molecular weight is 432 g/mol. The summed E-state index contributed by atoms with van der Waals surface area (Å²) in [6.07, 6.45) is 8.75. The second kappa shape index (κ2) is 13.1. The number of aliphatic hydroxyl groups is 1. The van der Waals surface area contributed by atoms with Crippen LogP contribution in [0.15, 0.2) is 0 Å². The van der Waals surface area contributed by atoms with Gasteiger partial charge in [-0.1, -0.05) is 32.1 Å². The van der Waals surface area contributed by atoms with Crippen molar-refractivity contribution in [1.29, 1.82) is 0 Å². The molecule has 0 aromatic rings. The van der Waals surface area contributed by atoms with Gasteiger partial charge < -0.3 is 14.6 Å². The SMILES string of the molecule is O=C(NC(O)CCC1CCCC(C[P+](=O)O)C1)OCCOC(=O)C1CCCCC1. The Labute approximate surface area is 173 Å². The predicted molar refractivity (Wildman–Crippen MR) is 107 cm³/mol. The third-order valence-electron chi connectivity index (χ3n) is 5.94. The predicted octanol–water partition coefficient (Wildman–Crippen LogP) is 3.48. The summed E-state index contributed by atoms with van der Waals surface area (Å²) in [5, 5.41) is 12.4. The van der Waals surface area contributed by atoms with E-state index in [0.717, 1.165) is 57.8 Å². The summed E-state index contributed by atoms with van der Waals surface area (Å²) < 4.78 is 21.1. The number of nitrogens with one attached hydrogen (secondary N) is 1. The molecular formula is C20H35NO7P+. The summed E-state index contributed by atoms with van der Waals surface area (Å²) >= 11 is 0. The second-order valence-corrected chi connectivity index (χ2v) is 9.38. The van der Waals surface area contributed by atoms with Gasteiger partial charge in [-0.3, -0.25) is 10.1 Å². The smallest absolute Gasteiger partial charge is 0.462 e. The highest BCUT2D eigenvalue weighted by Gasteiger charge is 2.28. The van der Waals surface area contributed by atoms with Crippen LogP contribution < -0.4 is 5.32 Å². The van der Waals surface area contributed by atoms with Crippen molar-refractivity contribution in [3.63, 3.8) is 0 Å². The molecule has 0 radical (unpaired) electrons. The van der Waals surface area contributed by atoms with E-state index in [2.05, 4.69) is 5.32 Å². The van der Waals surface area contributed by atoms with Gasteiger partial charge in [0.2, 0.25) is 0 Å². The number of rotatable bonds is 10. The molecule has 0 bridgehead atoms. The summed E-state index contributed by atoms with van der Waals surface area (Å²) in [5.74, 6) is 0.422.